The van der Waals surface area contributed by atoms with E-state index in [1.54, 1.807) is 0 Å². The molecule has 0 amide bonds. The van der Waals surface area contributed by atoms with E-state index in [-0.39, 0.29) is 0 Å². The van der Waals surface area contributed by atoms with Crippen LogP contribution in [0.3, 0.4) is 0 Å². The Labute approximate surface area is 260 Å². The molecule has 3 heterocycles. The van der Waals surface area contributed by atoms with Gasteiger partial charge in [0, 0.05) is 38.4 Å². The summed E-state index contributed by atoms with van der Waals surface area (Å²) in [6.45, 7) is 6.14. The number of benzene rings is 5. The zero-order valence-corrected chi connectivity index (χ0v) is 24.7. The van der Waals surface area contributed by atoms with E-state index in [1.165, 1.54) is 0 Å². The van der Waals surface area contributed by atoms with Crippen LogP contribution in [0.15, 0.2) is 138 Å². The van der Waals surface area contributed by atoms with Crippen molar-refractivity contribution in [2.45, 2.75) is 6.92 Å². The molecule has 0 unspecified atom stereocenters. The summed E-state index contributed by atoms with van der Waals surface area (Å²) in [6, 6.07) is 41.1. The highest BCUT2D eigenvalue weighted by Gasteiger charge is 2.20. The first-order valence-electron chi connectivity index (χ1n) is 14.9. The molecule has 0 saturated carbocycles. The van der Waals surface area contributed by atoms with E-state index in [9.17, 15) is 0 Å². The van der Waals surface area contributed by atoms with Crippen LogP contribution in [0, 0.1) is 0 Å². The summed E-state index contributed by atoms with van der Waals surface area (Å²) in [6.07, 6.45) is 6.01. The number of allylic oxidation sites excluding steroid dienone is 1. The van der Waals surface area contributed by atoms with Gasteiger partial charge in [-0.15, -0.1) is 0 Å². The minimum absolute atomic E-state index is 0.543. The quantitative estimate of drug-likeness (QED) is 0.196. The van der Waals surface area contributed by atoms with Gasteiger partial charge in [-0.3, -0.25) is 4.57 Å². The smallest absolute Gasteiger partial charge is 0.238 e. The molecule has 5 heteroatoms. The minimum Gasteiger partial charge on any atom is -0.455 e. The fourth-order valence-electron chi connectivity index (χ4n) is 6.15. The van der Waals surface area contributed by atoms with Crippen LogP contribution in [0.5, 0.6) is 0 Å². The first-order valence-corrected chi connectivity index (χ1v) is 14.9. The van der Waals surface area contributed by atoms with Crippen molar-refractivity contribution >= 4 is 45.0 Å². The summed E-state index contributed by atoms with van der Waals surface area (Å²) < 4.78 is 8.47. The van der Waals surface area contributed by atoms with Gasteiger partial charge in [-0.05, 0) is 36.8 Å². The molecular formula is C40H28N4O. The zero-order valence-electron chi connectivity index (χ0n) is 24.7. The predicted molar refractivity (Wildman–Crippen MR) is 185 cm³/mol. The van der Waals surface area contributed by atoms with E-state index in [0.717, 1.165) is 66.4 Å². The highest BCUT2D eigenvalue weighted by molar-refractivity contribution is 6.09. The molecule has 5 nitrogen and oxygen atoms in total. The van der Waals surface area contributed by atoms with Gasteiger partial charge in [0.1, 0.15) is 11.2 Å². The Bertz CT molecular complexity index is 2410. The van der Waals surface area contributed by atoms with E-state index < -0.39 is 0 Å². The zero-order chi connectivity index (χ0) is 30.3. The lowest BCUT2D eigenvalue weighted by Gasteiger charge is -2.12. The maximum Gasteiger partial charge on any atom is 0.238 e. The Kier molecular flexibility index (Phi) is 6.42. The molecule has 0 bridgehead atoms. The molecule has 0 aliphatic heterocycles. The van der Waals surface area contributed by atoms with Crippen LogP contribution in [-0.4, -0.2) is 19.5 Å². The van der Waals surface area contributed by atoms with Crippen molar-refractivity contribution in [1.82, 2.24) is 19.5 Å². The number of furan rings is 1. The molecule has 0 spiro atoms. The highest BCUT2D eigenvalue weighted by Crippen LogP contribution is 2.37. The summed E-state index contributed by atoms with van der Waals surface area (Å²) in [5.41, 5.74) is 8.59. The average molecular weight is 581 g/mol. The van der Waals surface area contributed by atoms with Gasteiger partial charge in [-0.25, -0.2) is 4.98 Å². The van der Waals surface area contributed by atoms with Gasteiger partial charge >= 0.3 is 0 Å². The van der Waals surface area contributed by atoms with Crippen LogP contribution < -0.4 is 0 Å². The number of para-hydroxylation sites is 3. The Morgan fingerprint density at radius 1 is 0.644 bits per heavy atom. The third-order valence-electron chi connectivity index (χ3n) is 8.17. The van der Waals surface area contributed by atoms with Crippen LogP contribution in [0.1, 0.15) is 18.2 Å². The Balaban J connectivity index is 1.36. The summed E-state index contributed by atoms with van der Waals surface area (Å²) >= 11 is 0. The van der Waals surface area contributed by atoms with Crippen molar-refractivity contribution in [1.29, 1.82) is 0 Å². The molecular weight excluding hydrogens is 552 g/mol. The number of hydrogen-bond acceptors (Lipinski definition) is 4. The predicted octanol–water partition coefficient (Wildman–Crippen LogP) is 10.4. The SMILES string of the molecule is C=Cc1c(/C=C\C)n(-c2nc(-c3ccccc3)nc(-c3cccc(-c4cccc5c4oc4ccccc45)c3)n2)c2ccccc12. The maximum absolute atomic E-state index is 6.37. The molecule has 3 aromatic heterocycles. The number of nitrogens with zero attached hydrogens (tertiary/aromatic N) is 4. The third-order valence-corrected chi connectivity index (χ3v) is 8.17. The monoisotopic (exact) mass is 580 g/mol. The van der Waals surface area contributed by atoms with Gasteiger partial charge < -0.3 is 4.42 Å². The van der Waals surface area contributed by atoms with Gasteiger partial charge in [0.15, 0.2) is 11.6 Å². The van der Waals surface area contributed by atoms with E-state index in [4.69, 9.17) is 19.4 Å². The Hall–Kier alpha value is -6.07. The van der Waals surface area contributed by atoms with Crippen LogP contribution in [0.2, 0.25) is 0 Å². The second-order valence-corrected chi connectivity index (χ2v) is 10.9. The van der Waals surface area contributed by atoms with Crippen molar-refractivity contribution < 1.29 is 4.42 Å². The number of fused-ring (bicyclic) bond motifs is 4. The molecule has 8 rings (SSSR count). The Morgan fingerprint density at radius 3 is 2.13 bits per heavy atom. The maximum atomic E-state index is 6.37. The molecule has 0 N–H and O–H groups in total. The lowest BCUT2D eigenvalue weighted by atomic mass is 10.0. The first kappa shape index (κ1) is 26.5. The van der Waals surface area contributed by atoms with E-state index in [1.807, 2.05) is 91.9 Å². The van der Waals surface area contributed by atoms with Crippen molar-refractivity contribution in [3.8, 4) is 39.9 Å². The Morgan fingerprint density at radius 2 is 1.31 bits per heavy atom. The molecule has 214 valence electrons. The van der Waals surface area contributed by atoms with Crippen LogP contribution in [-0.2, 0) is 0 Å². The molecule has 0 aliphatic rings. The first-order chi connectivity index (χ1) is 22.2. The fourth-order valence-corrected chi connectivity index (χ4v) is 6.15. The van der Waals surface area contributed by atoms with Gasteiger partial charge in [0.05, 0.1) is 11.2 Å². The largest absolute Gasteiger partial charge is 0.455 e. The number of aromatic nitrogens is 4. The summed E-state index contributed by atoms with van der Waals surface area (Å²) in [4.78, 5) is 15.2. The van der Waals surface area contributed by atoms with Crippen molar-refractivity contribution in [2.75, 3.05) is 0 Å². The van der Waals surface area contributed by atoms with Crippen LogP contribution in [0.25, 0.3) is 84.8 Å². The number of rotatable bonds is 6. The molecule has 0 atom stereocenters. The van der Waals surface area contributed by atoms with E-state index in [2.05, 4.69) is 65.8 Å². The lowest BCUT2D eigenvalue weighted by molar-refractivity contribution is 0.670. The fraction of sp³-hybridized carbons (Fsp3) is 0.0250. The van der Waals surface area contributed by atoms with Crippen molar-refractivity contribution in [2.24, 2.45) is 0 Å². The molecule has 0 radical (unpaired) electrons. The summed E-state index contributed by atoms with van der Waals surface area (Å²) in [5.74, 6) is 1.73. The van der Waals surface area contributed by atoms with Gasteiger partial charge in [0.25, 0.3) is 0 Å². The lowest BCUT2D eigenvalue weighted by Crippen LogP contribution is -2.08. The highest BCUT2D eigenvalue weighted by atomic mass is 16.3. The molecule has 5 aromatic carbocycles. The molecule has 8 aromatic rings. The van der Waals surface area contributed by atoms with Gasteiger partial charge in [-0.1, -0.05) is 122 Å². The summed E-state index contributed by atoms with van der Waals surface area (Å²) in [5, 5.41) is 3.29. The van der Waals surface area contributed by atoms with Crippen LogP contribution >= 0.6 is 0 Å². The summed E-state index contributed by atoms with van der Waals surface area (Å²) in [7, 11) is 0. The number of hydrogen-bond donors (Lipinski definition) is 0. The normalized spacial score (nSPS) is 11.7. The van der Waals surface area contributed by atoms with E-state index >= 15 is 0 Å². The minimum atomic E-state index is 0.543. The topological polar surface area (TPSA) is 56.7 Å². The second kappa shape index (κ2) is 10.9. The van der Waals surface area contributed by atoms with Crippen molar-refractivity contribution in [3.05, 3.63) is 145 Å². The average Bonchev–Trinajstić information content (AvgIpc) is 3.64. The molecule has 0 fully saturated rings. The molecule has 0 aliphatic carbocycles. The van der Waals surface area contributed by atoms with Gasteiger partial charge in [-0.2, -0.15) is 9.97 Å². The van der Waals surface area contributed by atoms with Gasteiger partial charge in [0.2, 0.25) is 5.95 Å². The second-order valence-electron chi connectivity index (χ2n) is 10.9. The van der Waals surface area contributed by atoms with Crippen LogP contribution in [0.4, 0.5) is 0 Å². The molecule has 45 heavy (non-hydrogen) atoms. The van der Waals surface area contributed by atoms with Crippen molar-refractivity contribution in [3.63, 3.8) is 0 Å². The standard InChI is InChI=1S/C40H28N4O/c1-3-14-34-29(4-2)31-19-8-10-23-35(31)44(34)40-42-38(26-15-6-5-7-16-26)41-39(43-40)28-18-12-17-27(25-28)30-21-13-22-33-32-20-9-11-24-36(32)45-37(30)33/h3-25H,2H2,1H3/b14-3-. The van der Waals surface area contributed by atoms with E-state index in [0.29, 0.717) is 17.6 Å². The third kappa shape index (κ3) is 4.45. The molecule has 0 saturated heterocycles.